The van der Waals surface area contributed by atoms with Crippen LogP contribution in [-0.2, 0) is 21.2 Å². The predicted molar refractivity (Wildman–Crippen MR) is 93.8 cm³/mol. The maximum absolute atomic E-state index is 12.6. The smallest absolute Gasteiger partial charge is 0.241 e. The van der Waals surface area contributed by atoms with Crippen LogP contribution in [-0.4, -0.2) is 45.0 Å². The van der Waals surface area contributed by atoms with Gasteiger partial charge >= 0.3 is 0 Å². The van der Waals surface area contributed by atoms with Crippen molar-refractivity contribution in [2.45, 2.75) is 37.5 Å². The van der Waals surface area contributed by atoms with Gasteiger partial charge in [0.15, 0.2) is 14.6 Å². The number of nitrogens with one attached hydrogen (secondary N) is 2. The van der Waals surface area contributed by atoms with Gasteiger partial charge in [0.05, 0.1) is 6.61 Å². The predicted octanol–water partition coefficient (Wildman–Crippen LogP) is 1.26. The molecular weight excluding hydrogens is 328 g/mol. The van der Waals surface area contributed by atoms with Crippen molar-refractivity contribution in [3.63, 3.8) is 0 Å². The molecule has 1 amide bonds. The number of carbonyl (C=O) groups excluding carboxylic acids is 1. The summed E-state index contributed by atoms with van der Waals surface area (Å²) in [5.74, 6) is 0.385. The quantitative estimate of drug-likeness (QED) is 0.770. The van der Waals surface area contributed by atoms with Gasteiger partial charge in [-0.25, -0.2) is 8.42 Å². The van der Waals surface area contributed by atoms with Gasteiger partial charge < -0.3 is 15.4 Å². The van der Waals surface area contributed by atoms with Gasteiger partial charge in [-0.15, -0.1) is 0 Å². The van der Waals surface area contributed by atoms with Crippen LogP contribution < -0.4 is 15.4 Å². The third-order valence-corrected chi connectivity index (χ3v) is 6.40. The molecule has 6 nitrogen and oxygen atoms in total. The van der Waals surface area contributed by atoms with Crippen molar-refractivity contribution < 1.29 is 17.9 Å². The molecule has 2 rings (SSSR count). The summed E-state index contributed by atoms with van der Waals surface area (Å²) >= 11 is 0. The zero-order chi connectivity index (χ0) is 17.6. The van der Waals surface area contributed by atoms with Crippen molar-refractivity contribution in [3.8, 4) is 5.75 Å². The van der Waals surface area contributed by atoms with Gasteiger partial charge in [0, 0.05) is 12.8 Å². The van der Waals surface area contributed by atoms with Crippen molar-refractivity contribution >= 4 is 15.7 Å². The fraction of sp³-hybridized carbons (Fsp3) is 0.588. The van der Waals surface area contributed by atoms with Crippen molar-refractivity contribution in [2.75, 3.05) is 26.0 Å². The number of rotatable bonds is 7. The second kappa shape index (κ2) is 7.98. The number of hydrogen-bond acceptors (Lipinski definition) is 5. The first kappa shape index (κ1) is 18.7. The van der Waals surface area contributed by atoms with E-state index in [2.05, 4.69) is 10.6 Å². The van der Waals surface area contributed by atoms with Gasteiger partial charge in [-0.2, -0.15) is 0 Å². The van der Waals surface area contributed by atoms with Crippen molar-refractivity contribution in [2.24, 2.45) is 0 Å². The molecule has 134 valence electrons. The van der Waals surface area contributed by atoms with Crippen LogP contribution >= 0.6 is 0 Å². The first-order valence-electron chi connectivity index (χ1n) is 8.29. The van der Waals surface area contributed by atoms with Crippen LogP contribution in [0.2, 0.25) is 0 Å². The Hall–Kier alpha value is -1.60. The molecule has 0 bridgehead atoms. The maximum Gasteiger partial charge on any atom is 0.241 e. The van der Waals surface area contributed by atoms with E-state index in [1.807, 2.05) is 31.2 Å². The molecule has 0 spiro atoms. The van der Waals surface area contributed by atoms with Gasteiger partial charge in [-0.3, -0.25) is 4.79 Å². The highest BCUT2D eigenvalue weighted by Crippen LogP contribution is 2.28. The molecule has 24 heavy (non-hydrogen) atoms. The van der Waals surface area contributed by atoms with Gasteiger partial charge in [0.2, 0.25) is 5.91 Å². The Kier molecular flexibility index (Phi) is 6.23. The van der Waals surface area contributed by atoms with E-state index in [0.29, 0.717) is 39.1 Å². The molecule has 1 aliphatic heterocycles. The van der Waals surface area contributed by atoms with Crippen molar-refractivity contribution in [3.05, 3.63) is 29.8 Å². The topological polar surface area (TPSA) is 84.5 Å². The molecule has 0 unspecified atom stereocenters. The average molecular weight is 354 g/mol. The minimum atomic E-state index is -3.48. The van der Waals surface area contributed by atoms with E-state index >= 15 is 0 Å². The van der Waals surface area contributed by atoms with E-state index in [9.17, 15) is 13.2 Å². The first-order valence-corrected chi connectivity index (χ1v) is 10.2. The minimum absolute atomic E-state index is 0.303. The summed E-state index contributed by atoms with van der Waals surface area (Å²) in [6, 6.07) is 7.46. The Bertz CT molecular complexity index is 650. The largest absolute Gasteiger partial charge is 0.494 e. The molecule has 0 saturated carbocycles. The number of amides is 1. The van der Waals surface area contributed by atoms with Crippen LogP contribution in [0.1, 0.15) is 31.7 Å². The Morgan fingerprint density at radius 1 is 1.25 bits per heavy atom. The summed E-state index contributed by atoms with van der Waals surface area (Å²) in [6.07, 6.45) is 2.71. The Labute approximate surface area is 143 Å². The van der Waals surface area contributed by atoms with E-state index in [-0.39, 0.29) is 0 Å². The monoisotopic (exact) mass is 354 g/mol. The molecule has 1 aromatic carbocycles. The summed E-state index contributed by atoms with van der Waals surface area (Å²) < 4.78 is 28.6. The zero-order valence-electron chi connectivity index (χ0n) is 14.3. The molecule has 1 fully saturated rings. The van der Waals surface area contributed by atoms with E-state index in [4.69, 9.17) is 4.74 Å². The van der Waals surface area contributed by atoms with Gasteiger partial charge in [0.1, 0.15) is 5.75 Å². The van der Waals surface area contributed by atoms with Crippen LogP contribution in [0.5, 0.6) is 5.75 Å². The van der Waals surface area contributed by atoms with Gasteiger partial charge in [0.25, 0.3) is 0 Å². The molecule has 1 heterocycles. The molecule has 0 atom stereocenters. The SMILES string of the molecule is CCCOc1ccc(CNC(=O)C2(S(C)(=O)=O)CCNCC2)cc1. The lowest BCUT2D eigenvalue weighted by molar-refractivity contribution is -0.124. The van der Waals surface area contributed by atoms with Crippen molar-refractivity contribution in [1.82, 2.24) is 10.6 Å². The average Bonchev–Trinajstić information content (AvgIpc) is 2.58. The Balaban J connectivity index is 2.00. The second-order valence-electron chi connectivity index (χ2n) is 6.19. The molecular formula is C17H26N2O4S. The summed E-state index contributed by atoms with van der Waals surface area (Å²) in [4.78, 5) is 12.6. The van der Waals surface area contributed by atoms with Crippen LogP contribution in [0.25, 0.3) is 0 Å². The molecule has 2 N–H and O–H groups in total. The third-order valence-electron chi connectivity index (χ3n) is 4.38. The Morgan fingerprint density at radius 2 is 1.88 bits per heavy atom. The highest BCUT2D eigenvalue weighted by molar-refractivity contribution is 7.92. The van der Waals surface area contributed by atoms with Crippen LogP contribution in [0.3, 0.4) is 0 Å². The van der Waals surface area contributed by atoms with Crippen LogP contribution in [0.4, 0.5) is 0 Å². The highest BCUT2D eigenvalue weighted by Gasteiger charge is 2.48. The van der Waals surface area contributed by atoms with Crippen molar-refractivity contribution in [1.29, 1.82) is 0 Å². The summed E-state index contributed by atoms with van der Waals surface area (Å²) in [7, 11) is -3.48. The number of sulfone groups is 1. The van der Waals surface area contributed by atoms with E-state index in [1.165, 1.54) is 0 Å². The number of benzene rings is 1. The lowest BCUT2D eigenvalue weighted by Gasteiger charge is -2.34. The fourth-order valence-corrected chi connectivity index (χ4v) is 4.22. The van der Waals surface area contributed by atoms with Gasteiger partial charge in [-0.05, 0) is 50.0 Å². The lowest BCUT2D eigenvalue weighted by atomic mass is 9.95. The number of carbonyl (C=O) groups is 1. The number of hydrogen-bond donors (Lipinski definition) is 2. The molecule has 7 heteroatoms. The standard InChI is InChI=1S/C17H26N2O4S/c1-3-12-23-15-6-4-14(5-7-15)13-19-16(20)17(24(2,21)22)8-10-18-11-9-17/h4-7,18H,3,8-13H2,1-2H3,(H,19,20). The summed E-state index contributed by atoms with van der Waals surface area (Å²) in [5.41, 5.74) is 0.907. The first-order chi connectivity index (χ1) is 11.4. The van der Waals surface area contributed by atoms with E-state index in [1.54, 1.807) is 0 Å². The summed E-state index contributed by atoms with van der Waals surface area (Å²) in [6.45, 7) is 4.08. The summed E-state index contributed by atoms with van der Waals surface area (Å²) in [5, 5.41) is 5.90. The van der Waals surface area contributed by atoms with Crippen LogP contribution in [0.15, 0.2) is 24.3 Å². The molecule has 1 aromatic rings. The molecule has 1 aliphatic rings. The van der Waals surface area contributed by atoms with Crippen LogP contribution in [0, 0.1) is 0 Å². The Morgan fingerprint density at radius 3 is 2.42 bits per heavy atom. The van der Waals surface area contributed by atoms with E-state index < -0.39 is 20.5 Å². The lowest BCUT2D eigenvalue weighted by Crippen LogP contribution is -2.57. The maximum atomic E-state index is 12.6. The molecule has 0 aromatic heterocycles. The number of piperidine rings is 1. The zero-order valence-corrected chi connectivity index (χ0v) is 15.1. The molecule has 0 aliphatic carbocycles. The fourth-order valence-electron chi connectivity index (χ4n) is 2.86. The normalized spacial score (nSPS) is 17.2. The third kappa shape index (κ3) is 4.27. The molecule has 1 saturated heterocycles. The molecule has 0 radical (unpaired) electrons. The highest BCUT2D eigenvalue weighted by atomic mass is 32.2. The van der Waals surface area contributed by atoms with E-state index in [0.717, 1.165) is 24.0 Å². The minimum Gasteiger partial charge on any atom is -0.494 e. The second-order valence-corrected chi connectivity index (χ2v) is 8.52. The number of ether oxygens (including phenoxy) is 1. The van der Waals surface area contributed by atoms with Gasteiger partial charge in [-0.1, -0.05) is 19.1 Å².